The molecule has 1 aliphatic heterocycles. The fraction of sp³-hybridized carbons (Fsp3) is 0.222. The molecule has 3 heterocycles. The Morgan fingerprint density at radius 2 is 1.94 bits per heavy atom. The number of aryl methyl sites for hydroxylation is 2. The third-order valence-corrected chi connectivity index (χ3v) is 7.30. The minimum absolute atomic E-state index is 0.0128. The van der Waals surface area contributed by atoms with E-state index in [4.69, 9.17) is 4.74 Å². The van der Waals surface area contributed by atoms with Crippen molar-refractivity contribution in [2.24, 2.45) is 0 Å². The highest BCUT2D eigenvalue weighted by Crippen LogP contribution is 2.32. The molecule has 0 N–H and O–H groups in total. The van der Waals surface area contributed by atoms with E-state index in [0.717, 1.165) is 32.1 Å². The van der Waals surface area contributed by atoms with E-state index < -0.39 is 0 Å². The van der Waals surface area contributed by atoms with Gasteiger partial charge in [0.15, 0.2) is 0 Å². The summed E-state index contributed by atoms with van der Waals surface area (Å²) in [5.74, 6) is 0.803. The number of fused-ring (bicyclic) bond motifs is 3. The molecule has 4 aromatic rings. The molecule has 172 valence electrons. The fourth-order valence-electron chi connectivity index (χ4n) is 4.35. The molecular formula is C27H25N3O3S. The van der Waals surface area contributed by atoms with Gasteiger partial charge < -0.3 is 9.64 Å². The number of ether oxygens (including phenoxy) is 1. The van der Waals surface area contributed by atoms with Crippen LogP contribution in [-0.2, 0) is 30.7 Å². The smallest absolute Gasteiger partial charge is 0.262 e. The van der Waals surface area contributed by atoms with Crippen LogP contribution in [0.15, 0.2) is 71.8 Å². The van der Waals surface area contributed by atoms with Gasteiger partial charge in [-0.3, -0.25) is 14.2 Å². The average Bonchev–Trinajstić information content (AvgIpc) is 3.26. The first-order valence-corrected chi connectivity index (χ1v) is 12.1. The number of rotatable bonds is 6. The van der Waals surface area contributed by atoms with Crippen LogP contribution in [0, 0.1) is 0 Å². The predicted octanol–water partition coefficient (Wildman–Crippen LogP) is 4.31. The van der Waals surface area contributed by atoms with E-state index in [1.165, 1.54) is 11.3 Å². The fourth-order valence-corrected chi connectivity index (χ4v) is 5.55. The van der Waals surface area contributed by atoms with Crippen LogP contribution < -0.4 is 10.3 Å². The molecule has 34 heavy (non-hydrogen) atoms. The lowest BCUT2D eigenvalue weighted by molar-refractivity contribution is -0.126. The molecule has 2 aromatic carbocycles. The highest BCUT2D eigenvalue weighted by molar-refractivity contribution is 7.18. The standard InChI is InChI=1S/C27H25N3O3S/c1-33-22-10-6-5-9-20(22)13-15-30-18-28-26-25(27(30)32)21-14-16-29(17-23(21)34-26)24(31)12-11-19-7-3-2-4-8-19/h2-12,18H,13-17H2,1H3/b12-11+. The van der Waals surface area contributed by atoms with Crippen molar-refractivity contribution in [1.29, 1.82) is 0 Å². The first kappa shape index (κ1) is 22.1. The summed E-state index contributed by atoms with van der Waals surface area (Å²) < 4.78 is 7.11. The van der Waals surface area contributed by atoms with Gasteiger partial charge in [0, 0.05) is 24.0 Å². The van der Waals surface area contributed by atoms with E-state index in [0.29, 0.717) is 37.9 Å². The van der Waals surface area contributed by atoms with Crippen molar-refractivity contribution in [3.05, 3.63) is 98.9 Å². The van der Waals surface area contributed by atoms with E-state index in [9.17, 15) is 9.59 Å². The maximum Gasteiger partial charge on any atom is 0.262 e. The Morgan fingerprint density at radius 3 is 2.76 bits per heavy atom. The minimum Gasteiger partial charge on any atom is -0.496 e. The zero-order valence-electron chi connectivity index (χ0n) is 18.9. The number of carbonyl (C=O) groups is 1. The quantitative estimate of drug-likeness (QED) is 0.393. The number of hydrogen-bond acceptors (Lipinski definition) is 5. The van der Waals surface area contributed by atoms with Crippen molar-refractivity contribution >= 4 is 33.5 Å². The maximum atomic E-state index is 13.3. The zero-order chi connectivity index (χ0) is 23.5. The van der Waals surface area contributed by atoms with E-state index in [1.807, 2.05) is 65.6 Å². The van der Waals surface area contributed by atoms with Crippen LogP contribution in [0.4, 0.5) is 0 Å². The predicted molar refractivity (Wildman–Crippen MR) is 135 cm³/mol. The summed E-state index contributed by atoms with van der Waals surface area (Å²) in [5, 5.41) is 0.703. The highest BCUT2D eigenvalue weighted by Gasteiger charge is 2.25. The second-order valence-corrected chi connectivity index (χ2v) is 9.33. The summed E-state index contributed by atoms with van der Waals surface area (Å²) in [6.07, 6.45) is 6.43. The van der Waals surface area contributed by atoms with Crippen LogP contribution >= 0.6 is 11.3 Å². The van der Waals surface area contributed by atoms with Crippen molar-refractivity contribution < 1.29 is 9.53 Å². The maximum absolute atomic E-state index is 13.3. The van der Waals surface area contributed by atoms with Crippen LogP contribution in [0.3, 0.4) is 0 Å². The van der Waals surface area contributed by atoms with Gasteiger partial charge in [-0.25, -0.2) is 4.98 Å². The van der Waals surface area contributed by atoms with Crippen LogP contribution in [0.5, 0.6) is 5.75 Å². The van der Waals surface area contributed by atoms with Gasteiger partial charge in [0.25, 0.3) is 5.56 Å². The Hall–Kier alpha value is -3.71. The molecule has 0 unspecified atom stereocenters. The summed E-state index contributed by atoms with van der Waals surface area (Å²) in [7, 11) is 1.65. The Kier molecular flexibility index (Phi) is 6.27. The lowest BCUT2D eigenvalue weighted by atomic mass is 10.1. The van der Waals surface area contributed by atoms with E-state index >= 15 is 0 Å². The number of hydrogen-bond donors (Lipinski definition) is 0. The zero-order valence-corrected chi connectivity index (χ0v) is 19.8. The average molecular weight is 472 g/mol. The van der Waals surface area contributed by atoms with Crippen molar-refractivity contribution in [1.82, 2.24) is 14.5 Å². The molecule has 0 radical (unpaired) electrons. The number of thiophene rings is 1. The lowest BCUT2D eigenvalue weighted by Crippen LogP contribution is -2.34. The molecule has 0 atom stereocenters. The van der Waals surface area contributed by atoms with Crippen molar-refractivity contribution in [3.63, 3.8) is 0 Å². The van der Waals surface area contributed by atoms with Crippen molar-refractivity contribution in [3.8, 4) is 5.75 Å². The summed E-state index contributed by atoms with van der Waals surface area (Å²) in [4.78, 5) is 34.3. The third-order valence-electron chi connectivity index (χ3n) is 6.17. The summed E-state index contributed by atoms with van der Waals surface area (Å²) >= 11 is 1.52. The molecule has 0 saturated carbocycles. The Morgan fingerprint density at radius 1 is 1.15 bits per heavy atom. The summed E-state index contributed by atoms with van der Waals surface area (Å²) in [5.41, 5.74) is 3.08. The topological polar surface area (TPSA) is 64.4 Å². The number of methoxy groups -OCH3 is 1. The molecule has 0 aliphatic carbocycles. The molecule has 0 bridgehead atoms. The van der Waals surface area contributed by atoms with Crippen LogP contribution in [0.1, 0.15) is 21.6 Å². The normalized spacial score (nSPS) is 13.4. The Bertz CT molecular complexity index is 1420. The molecule has 1 amide bonds. The van der Waals surface area contributed by atoms with Crippen LogP contribution in [0.25, 0.3) is 16.3 Å². The molecule has 7 heteroatoms. The Labute approximate surface area is 201 Å². The van der Waals surface area contributed by atoms with Crippen molar-refractivity contribution in [2.45, 2.75) is 25.9 Å². The molecule has 1 aliphatic rings. The SMILES string of the molecule is COc1ccccc1CCn1cnc2sc3c(c2c1=O)CCN(C(=O)/C=C/c1ccccc1)C3. The Balaban J connectivity index is 1.35. The van der Waals surface area contributed by atoms with Gasteiger partial charge in [0.1, 0.15) is 10.6 Å². The minimum atomic E-state index is -0.0193. The van der Waals surface area contributed by atoms with Gasteiger partial charge in [-0.1, -0.05) is 48.5 Å². The van der Waals surface area contributed by atoms with E-state index in [1.54, 1.807) is 24.1 Å². The first-order valence-electron chi connectivity index (χ1n) is 11.3. The number of nitrogens with zero attached hydrogens (tertiary/aromatic N) is 3. The van der Waals surface area contributed by atoms with Gasteiger partial charge in [0.2, 0.25) is 5.91 Å². The molecule has 0 spiro atoms. The molecule has 0 saturated heterocycles. The molecule has 5 rings (SSSR count). The van der Waals surface area contributed by atoms with Crippen LogP contribution in [-0.4, -0.2) is 34.0 Å². The summed E-state index contributed by atoms with van der Waals surface area (Å²) in [6, 6.07) is 17.6. The number of amides is 1. The van der Waals surface area contributed by atoms with Crippen LogP contribution in [0.2, 0.25) is 0 Å². The number of benzene rings is 2. The molecule has 0 fully saturated rings. The number of para-hydroxylation sites is 1. The monoisotopic (exact) mass is 471 g/mol. The second-order valence-electron chi connectivity index (χ2n) is 8.24. The summed E-state index contributed by atoms with van der Waals surface area (Å²) in [6.45, 7) is 1.63. The number of carbonyl (C=O) groups excluding carboxylic acids is 1. The number of aromatic nitrogens is 2. The van der Waals surface area contributed by atoms with Crippen molar-refractivity contribution in [2.75, 3.05) is 13.7 Å². The molecule has 2 aromatic heterocycles. The van der Waals surface area contributed by atoms with Gasteiger partial charge in [-0.05, 0) is 41.7 Å². The van der Waals surface area contributed by atoms with E-state index in [2.05, 4.69) is 4.98 Å². The second kappa shape index (κ2) is 9.65. The van der Waals surface area contributed by atoms with Gasteiger partial charge in [0.05, 0.1) is 25.4 Å². The lowest BCUT2D eigenvalue weighted by Gasteiger charge is -2.25. The van der Waals surface area contributed by atoms with Gasteiger partial charge in [-0.15, -0.1) is 11.3 Å². The largest absolute Gasteiger partial charge is 0.496 e. The molecular weight excluding hydrogens is 446 g/mol. The third kappa shape index (κ3) is 4.39. The molecule has 6 nitrogen and oxygen atoms in total. The first-order chi connectivity index (χ1) is 16.6. The van der Waals surface area contributed by atoms with Gasteiger partial charge >= 0.3 is 0 Å². The van der Waals surface area contributed by atoms with E-state index in [-0.39, 0.29) is 11.5 Å². The van der Waals surface area contributed by atoms with Gasteiger partial charge in [-0.2, -0.15) is 0 Å². The highest BCUT2D eigenvalue weighted by atomic mass is 32.1.